The maximum Gasteiger partial charge on any atom is 0.0642 e. The van der Waals surface area contributed by atoms with Crippen molar-refractivity contribution in [3.8, 4) is 0 Å². The molecule has 3 heteroatoms. The minimum absolute atomic E-state index is 0.231. The number of rotatable bonds is 5. The quantitative estimate of drug-likeness (QED) is 0.886. The number of nitrogens with zero attached hydrogens (tertiary/aromatic N) is 1. The highest BCUT2D eigenvalue weighted by molar-refractivity contribution is 6.33. The second-order valence-electron chi connectivity index (χ2n) is 6.40. The monoisotopic (exact) mass is 294 g/mol. The van der Waals surface area contributed by atoms with Gasteiger partial charge < -0.3 is 10.6 Å². The topological polar surface area (TPSA) is 29.3 Å². The largest absolute Gasteiger partial charge is 0.370 e. The van der Waals surface area contributed by atoms with Gasteiger partial charge in [-0.25, -0.2) is 0 Å². The summed E-state index contributed by atoms with van der Waals surface area (Å²) in [5, 5.41) is 0.871. The summed E-state index contributed by atoms with van der Waals surface area (Å²) in [5.41, 5.74) is 8.44. The molecular formula is C17H27ClN2. The molecule has 0 radical (unpaired) electrons. The summed E-state index contributed by atoms with van der Waals surface area (Å²) in [5.74, 6) is 1.54. The van der Waals surface area contributed by atoms with Gasteiger partial charge in [-0.1, -0.05) is 38.4 Å². The Morgan fingerprint density at radius 1 is 1.40 bits per heavy atom. The van der Waals surface area contributed by atoms with Gasteiger partial charge in [0.2, 0.25) is 0 Å². The van der Waals surface area contributed by atoms with Crippen molar-refractivity contribution in [1.82, 2.24) is 0 Å². The molecule has 0 amide bonds. The molecule has 1 saturated heterocycles. The average Bonchev–Trinajstić information content (AvgIpc) is 2.88. The van der Waals surface area contributed by atoms with E-state index in [1.807, 2.05) is 0 Å². The summed E-state index contributed by atoms with van der Waals surface area (Å²) in [6.07, 6.45) is 3.18. The minimum atomic E-state index is 0.231. The van der Waals surface area contributed by atoms with Gasteiger partial charge >= 0.3 is 0 Å². The second-order valence-corrected chi connectivity index (χ2v) is 6.80. The van der Waals surface area contributed by atoms with Crippen LogP contribution in [0.5, 0.6) is 0 Å². The third kappa shape index (κ3) is 3.67. The molecular weight excluding hydrogens is 268 g/mol. The lowest BCUT2D eigenvalue weighted by atomic mass is 9.95. The van der Waals surface area contributed by atoms with Gasteiger partial charge in [-0.05, 0) is 48.8 Å². The number of halogens is 1. The molecule has 2 nitrogen and oxygen atoms in total. The Labute approximate surface area is 128 Å². The molecule has 0 spiro atoms. The van der Waals surface area contributed by atoms with E-state index in [1.165, 1.54) is 17.7 Å². The van der Waals surface area contributed by atoms with E-state index < -0.39 is 0 Å². The fourth-order valence-corrected chi connectivity index (χ4v) is 3.25. The molecule has 1 aromatic carbocycles. The maximum absolute atomic E-state index is 6.48. The Balaban J connectivity index is 2.07. The normalized spacial score (nSPS) is 20.7. The van der Waals surface area contributed by atoms with E-state index >= 15 is 0 Å². The zero-order chi connectivity index (χ0) is 14.7. The first kappa shape index (κ1) is 15.7. The molecule has 20 heavy (non-hydrogen) atoms. The van der Waals surface area contributed by atoms with Crippen LogP contribution in [-0.2, 0) is 6.42 Å². The van der Waals surface area contributed by atoms with Crippen molar-refractivity contribution < 1.29 is 0 Å². The van der Waals surface area contributed by atoms with Gasteiger partial charge in [0.25, 0.3) is 0 Å². The van der Waals surface area contributed by atoms with Crippen LogP contribution < -0.4 is 10.6 Å². The molecule has 1 fully saturated rings. The molecule has 1 aliphatic rings. The summed E-state index contributed by atoms with van der Waals surface area (Å²) >= 11 is 6.48. The van der Waals surface area contributed by atoms with E-state index in [4.69, 9.17) is 17.3 Å². The number of nitrogens with two attached hydrogens (primary N) is 1. The first-order valence-electron chi connectivity index (χ1n) is 7.80. The first-order chi connectivity index (χ1) is 9.51. The van der Waals surface area contributed by atoms with Crippen molar-refractivity contribution in [3.05, 3.63) is 28.8 Å². The summed E-state index contributed by atoms with van der Waals surface area (Å²) in [6, 6.07) is 6.67. The number of benzene rings is 1. The Hall–Kier alpha value is -0.730. The smallest absolute Gasteiger partial charge is 0.0642 e. The van der Waals surface area contributed by atoms with Crippen molar-refractivity contribution in [2.75, 3.05) is 18.0 Å². The van der Waals surface area contributed by atoms with Crippen molar-refractivity contribution in [3.63, 3.8) is 0 Å². The van der Waals surface area contributed by atoms with Crippen LogP contribution in [-0.4, -0.2) is 19.1 Å². The highest BCUT2D eigenvalue weighted by atomic mass is 35.5. The van der Waals surface area contributed by atoms with Gasteiger partial charge in [0.15, 0.2) is 0 Å². The van der Waals surface area contributed by atoms with E-state index in [1.54, 1.807) is 0 Å². The van der Waals surface area contributed by atoms with E-state index in [9.17, 15) is 0 Å². The van der Waals surface area contributed by atoms with Gasteiger partial charge in [0.05, 0.1) is 10.7 Å². The molecule has 0 aromatic heterocycles. The summed E-state index contributed by atoms with van der Waals surface area (Å²) < 4.78 is 0. The zero-order valence-electron chi connectivity index (χ0n) is 12.9. The molecule has 1 heterocycles. The van der Waals surface area contributed by atoms with Gasteiger partial charge in [0, 0.05) is 19.1 Å². The third-order valence-corrected chi connectivity index (χ3v) is 4.85. The van der Waals surface area contributed by atoms with Crippen LogP contribution in [0.2, 0.25) is 5.02 Å². The molecule has 1 aromatic rings. The molecule has 2 atom stereocenters. The second kappa shape index (κ2) is 6.82. The Kier molecular flexibility index (Phi) is 5.34. The third-order valence-electron chi connectivity index (χ3n) is 4.54. The van der Waals surface area contributed by atoms with Crippen molar-refractivity contribution >= 4 is 17.3 Å². The van der Waals surface area contributed by atoms with Crippen LogP contribution in [0.4, 0.5) is 5.69 Å². The Morgan fingerprint density at radius 3 is 2.70 bits per heavy atom. The predicted molar refractivity (Wildman–Crippen MR) is 88.6 cm³/mol. The SMILES string of the molecule is CCC(N)Cc1ccc(N2CCC(C(C)C)C2)c(Cl)c1. The van der Waals surface area contributed by atoms with E-state index in [0.717, 1.165) is 42.8 Å². The molecule has 0 saturated carbocycles. The lowest BCUT2D eigenvalue weighted by molar-refractivity contribution is 0.423. The molecule has 1 aliphatic heterocycles. The summed E-state index contributed by atoms with van der Waals surface area (Å²) in [6.45, 7) is 8.99. The molecule has 2 unspecified atom stereocenters. The molecule has 0 aliphatic carbocycles. The Bertz CT molecular complexity index is 445. The molecule has 112 valence electrons. The van der Waals surface area contributed by atoms with Crippen LogP contribution in [0.15, 0.2) is 18.2 Å². The minimum Gasteiger partial charge on any atom is -0.370 e. The van der Waals surface area contributed by atoms with E-state index in [2.05, 4.69) is 43.9 Å². The molecule has 2 rings (SSSR count). The van der Waals surface area contributed by atoms with Crippen molar-refractivity contribution in [2.24, 2.45) is 17.6 Å². The lowest BCUT2D eigenvalue weighted by Gasteiger charge is -2.22. The van der Waals surface area contributed by atoms with Gasteiger partial charge in [-0.3, -0.25) is 0 Å². The summed E-state index contributed by atoms with van der Waals surface area (Å²) in [4.78, 5) is 2.43. The van der Waals surface area contributed by atoms with E-state index in [0.29, 0.717) is 0 Å². The van der Waals surface area contributed by atoms with Crippen molar-refractivity contribution in [2.45, 2.75) is 46.1 Å². The van der Waals surface area contributed by atoms with Crippen LogP contribution >= 0.6 is 11.6 Å². The first-order valence-corrected chi connectivity index (χ1v) is 8.18. The highest BCUT2D eigenvalue weighted by Crippen LogP contribution is 2.33. The van der Waals surface area contributed by atoms with Crippen LogP contribution in [0.1, 0.15) is 39.2 Å². The van der Waals surface area contributed by atoms with E-state index in [-0.39, 0.29) is 6.04 Å². The average molecular weight is 295 g/mol. The summed E-state index contributed by atoms with van der Waals surface area (Å²) in [7, 11) is 0. The fraction of sp³-hybridized carbons (Fsp3) is 0.647. The molecule has 2 N–H and O–H groups in total. The van der Waals surface area contributed by atoms with Gasteiger partial charge in [0.1, 0.15) is 0 Å². The van der Waals surface area contributed by atoms with Crippen LogP contribution in [0, 0.1) is 11.8 Å². The fourth-order valence-electron chi connectivity index (χ4n) is 2.93. The zero-order valence-corrected chi connectivity index (χ0v) is 13.7. The number of hydrogen-bond acceptors (Lipinski definition) is 2. The highest BCUT2D eigenvalue weighted by Gasteiger charge is 2.26. The number of hydrogen-bond donors (Lipinski definition) is 1. The van der Waals surface area contributed by atoms with Crippen LogP contribution in [0.25, 0.3) is 0 Å². The predicted octanol–water partition coefficient (Wildman–Crippen LogP) is 4.10. The molecule has 0 bridgehead atoms. The van der Waals surface area contributed by atoms with Crippen LogP contribution in [0.3, 0.4) is 0 Å². The Morgan fingerprint density at radius 2 is 2.15 bits per heavy atom. The number of anilines is 1. The van der Waals surface area contributed by atoms with Gasteiger partial charge in [-0.15, -0.1) is 0 Å². The van der Waals surface area contributed by atoms with Crippen molar-refractivity contribution in [1.29, 1.82) is 0 Å². The van der Waals surface area contributed by atoms with Gasteiger partial charge in [-0.2, -0.15) is 0 Å². The lowest BCUT2D eigenvalue weighted by Crippen LogP contribution is -2.22. The standard InChI is InChI=1S/C17H27ClN2/c1-4-15(19)9-13-5-6-17(16(18)10-13)20-8-7-14(11-20)12(2)3/h5-6,10,12,14-15H,4,7-9,11,19H2,1-3H3. The maximum atomic E-state index is 6.48.